The Morgan fingerprint density at radius 2 is 1.31 bits per heavy atom. The van der Waals surface area contributed by atoms with Crippen LogP contribution in [-0.2, 0) is 9.09 Å². The van der Waals surface area contributed by atoms with Gasteiger partial charge in [0, 0.05) is 0 Å². The molecule has 0 aliphatic heterocycles. The molecular formula is C19H41N3O3P+. The molecule has 0 rings (SSSR count). The van der Waals surface area contributed by atoms with E-state index in [0.29, 0.717) is 19.6 Å². The minimum absolute atomic E-state index is 0.0879. The lowest BCUT2D eigenvalue weighted by molar-refractivity contribution is 0.252. The molecule has 0 aromatic heterocycles. The molecule has 0 saturated heterocycles. The third-order valence-electron chi connectivity index (χ3n) is 4.56. The summed E-state index contributed by atoms with van der Waals surface area (Å²) in [4.78, 5) is 12.5. The number of hydrogen-bond donors (Lipinski definition) is 2. The van der Waals surface area contributed by atoms with Crippen molar-refractivity contribution >= 4 is 7.60 Å². The molecule has 1 unspecified atom stereocenters. The van der Waals surface area contributed by atoms with E-state index in [9.17, 15) is 9.46 Å². The van der Waals surface area contributed by atoms with Crippen LogP contribution in [0.25, 0.3) is 0 Å². The van der Waals surface area contributed by atoms with Crippen molar-refractivity contribution < 1.29 is 14.0 Å². The fourth-order valence-corrected chi connectivity index (χ4v) is 4.04. The maximum Gasteiger partial charge on any atom is 0.328 e. The molecule has 7 heteroatoms. The summed E-state index contributed by atoms with van der Waals surface area (Å²) >= 11 is 0. The zero-order valence-corrected chi connectivity index (χ0v) is 17.7. The van der Waals surface area contributed by atoms with Gasteiger partial charge in [-0.05, 0) is 12.8 Å². The van der Waals surface area contributed by atoms with Crippen molar-refractivity contribution in [2.45, 2.75) is 103 Å². The van der Waals surface area contributed by atoms with Crippen LogP contribution in [0.4, 0.5) is 0 Å². The first-order valence-corrected chi connectivity index (χ1v) is 12.4. The van der Waals surface area contributed by atoms with E-state index in [1.54, 1.807) is 0 Å². The molecule has 0 spiro atoms. The summed E-state index contributed by atoms with van der Waals surface area (Å²) in [5.41, 5.74) is 6.51. The number of hydrogen-bond acceptors (Lipinski definition) is 4. The van der Waals surface area contributed by atoms with Gasteiger partial charge in [0.25, 0.3) is 0 Å². The second-order valence-electron chi connectivity index (χ2n) is 7.11. The molecule has 6 nitrogen and oxygen atoms in total. The summed E-state index contributed by atoms with van der Waals surface area (Å²) < 4.78 is 16.8. The van der Waals surface area contributed by atoms with Crippen molar-refractivity contribution in [3.8, 4) is 0 Å². The first kappa shape index (κ1) is 25.5. The normalized spacial score (nSPS) is 13.3. The molecule has 0 aromatic carbocycles. The second-order valence-corrected chi connectivity index (χ2v) is 9.09. The van der Waals surface area contributed by atoms with Crippen molar-refractivity contribution in [1.29, 1.82) is 5.53 Å². The minimum atomic E-state index is -3.48. The Bertz CT molecular complexity index is 401. The van der Waals surface area contributed by atoms with E-state index in [0.717, 1.165) is 12.8 Å². The van der Waals surface area contributed by atoms with E-state index in [2.05, 4.69) is 16.9 Å². The van der Waals surface area contributed by atoms with E-state index in [1.165, 1.54) is 77.0 Å². The average molecular weight is 391 g/mol. The summed E-state index contributed by atoms with van der Waals surface area (Å²) in [6, 6.07) is 0. The SMILES string of the molecule is CCCCCCCCCCCCCCCCOP(=O)(O)CCCN=[N+]=N. The van der Waals surface area contributed by atoms with Crippen LogP contribution in [-0.4, -0.2) is 24.2 Å². The first-order chi connectivity index (χ1) is 12.6. The molecule has 26 heavy (non-hydrogen) atoms. The molecule has 0 aliphatic carbocycles. The number of nitrogens with one attached hydrogen (secondary N) is 1. The molecule has 0 bridgehead atoms. The highest BCUT2D eigenvalue weighted by Gasteiger charge is 2.18. The van der Waals surface area contributed by atoms with Gasteiger partial charge in [0.1, 0.15) is 17.2 Å². The van der Waals surface area contributed by atoms with Gasteiger partial charge >= 0.3 is 7.60 Å². The summed E-state index contributed by atoms with van der Waals surface area (Å²) in [7, 11) is -3.48. The summed E-state index contributed by atoms with van der Waals surface area (Å²) in [6.07, 6.45) is 18.6. The van der Waals surface area contributed by atoms with E-state index in [4.69, 9.17) is 10.1 Å². The standard InChI is InChI=1S/C19H40N3O3P/c1-2-3-4-5-6-7-8-9-10-11-12-13-14-15-18-25-26(23,24)19-16-17-21-22-20/h20H,2-19H2,1H3/p+1. The van der Waals surface area contributed by atoms with Crippen molar-refractivity contribution in [1.82, 2.24) is 4.91 Å². The Labute approximate surface area is 160 Å². The van der Waals surface area contributed by atoms with Crippen LogP contribution in [0, 0.1) is 5.53 Å². The van der Waals surface area contributed by atoms with E-state index in [-0.39, 0.29) is 6.16 Å². The van der Waals surface area contributed by atoms with Gasteiger partial charge in [0.05, 0.1) is 12.8 Å². The highest BCUT2D eigenvalue weighted by Crippen LogP contribution is 2.42. The van der Waals surface area contributed by atoms with Gasteiger partial charge in [0.2, 0.25) is 4.91 Å². The predicted octanol–water partition coefficient (Wildman–Crippen LogP) is 6.61. The maximum absolute atomic E-state index is 11.7. The van der Waals surface area contributed by atoms with Crippen molar-refractivity contribution in [3.05, 3.63) is 0 Å². The van der Waals surface area contributed by atoms with Crippen LogP contribution in [0.1, 0.15) is 103 Å². The van der Waals surface area contributed by atoms with Gasteiger partial charge in [-0.15, -0.1) is 0 Å². The van der Waals surface area contributed by atoms with Crippen LogP contribution in [0.15, 0.2) is 5.11 Å². The lowest BCUT2D eigenvalue weighted by Crippen LogP contribution is -1.98. The highest BCUT2D eigenvalue weighted by molar-refractivity contribution is 7.52. The molecule has 0 fully saturated rings. The Balaban J connectivity index is 3.25. The van der Waals surface area contributed by atoms with Crippen LogP contribution >= 0.6 is 7.60 Å². The molecule has 0 radical (unpaired) electrons. The van der Waals surface area contributed by atoms with Crippen molar-refractivity contribution in [2.24, 2.45) is 5.11 Å². The molecule has 0 amide bonds. The second kappa shape index (κ2) is 19.2. The topological polar surface area (TPSA) is 96.8 Å². The van der Waals surface area contributed by atoms with Gasteiger partial charge in [-0.1, -0.05) is 90.4 Å². The Morgan fingerprint density at radius 3 is 1.77 bits per heavy atom. The molecule has 154 valence electrons. The Hall–Kier alpha value is -0.540. The smallest absolute Gasteiger partial charge is 0.324 e. The minimum Gasteiger partial charge on any atom is -0.324 e. The number of rotatable bonds is 20. The Morgan fingerprint density at radius 1 is 0.846 bits per heavy atom. The van der Waals surface area contributed by atoms with E-state index < -0.39 is 7.60 Å². The highest BCUT2D eigenvalue weighted by atomic mass is 31.2. The summed E-state index contributed by atoms with van der Waals surface area (Å²) in [6.45, 7) is 2.92. The maximum atomic E-state index is 11.7. The largest absolute Gasteiger partial charge is 0.328 e. The average Bonchev–Trinajstić information content (AvgIpc) is 2.62. The number of unbranched alkanes of at least 4 members (excludes halogenated alkanes) is 13. The van der Waals surface area contributed by atoms with Crippen molar-refractivity contribution in [3.63, 3.8) is 0 Å². The zero-order chi connectivity index (χ0) is 19.3. The fourth-order valence-electron chi connectivity index (χ4n) is 2.96. The Kier molecular flexibility index (Phi) is 18.8. The zero-order valence-electron chi connectivity index (χ0n) is 16.8. The quantitative estimate of drug-likeness (QED) is 0.106. The molecule has 1 atom stereocenters. The lowest BCUT2D eigenvalue weighted by Gasteiger charge is -2.10. The molecular weight excluding hydrogens is 349 g/mol. The van der Waals surface area contributed by atoms with Gasteiger partial charge in [-0.3, -0.25) is 4.57 Å². The van der Waals surface area contributed by atoms with Gasteiger partial charge < -0.3 is 9.42 Å². The van der Waals surface area contributed by atoms with Crippen molar-refractivity contribution in [2.75, 3.05) is 19.3 Å². The third-order valence-corrected chi connectivity index (χ3v) is 6.03. The third kappa shape index (κ3) is 19.8. The van der Waals surface area contributed by atoms with Crippen LogP contribution in [0.5, 0.6) is 0 Å². The molecule has 0 aromatic rings. The molecule has 2 N–H and O–H groups in total. The lowest BCUT2D eigenvalue weighted by atomic mass is 10.0. The summed E-state index contributed by atoms with van der Waals surface area (Å²) in [5, 5.41) is 3.46. The van der Waals surface area contributed by atoms with Crippen LogP contribution in [0.3, 0.4) is 0 Å². The van der Waals surface area contributed by atoms with E-state index in [1.807, 2.05) is 0 Å². The first-order valence-electron chi connectivity index (χ1n) is 10.6. The number of nitrogens with zero attached hydrogens (tertiary/aromatic N) is 2. The monoisotopic (exact) mass is 390 g/mol. The van der Waals surface area contributed by atoms with Crippen LogP contribution < -0.4 is 4.91 Å². The van der Waals surface area contributed by atoms with Gasteiger partial charge in [-0.25, -0.2) is 0 Å². The fraction of sp³-hybridized carbons (Fsp3) is 1.00. The summed E-state index contributed by atoms with van der Waals surface area (Å²) in [5.74, 6) is 0. The van der Waals surface area contributed by atoms with Crippen LogP contribution in [0.2, 0.25) is 0 Å². The molecule has 0 aliphatic rings. The molecule has 0 saturated carbocycles. The predicted molar refractivity (Wildman–Crippen MR) is 108 cm³/mol. The van der Waals surface area contributed by atoms with Gasteiger partial charge in [0.15, 0.2) is 0 Å². The molecule has 0 heterocycles. The van der Waals surface area contributed by atoms with Gasteiger partial charge in [-0.2, -0.15) is 0 Å². The van der Waals surface area contributed by atoms with E-state index >= 15 is 0 Å².